The van der Waals surface area contributed by atoms with E-state index < -0.39 is 0 Å². The van der Waals surface area contributed by atoms with Crippen molar-refractivity contribution in [2.45, 2.75) is 44.7 Å². The molecule has 20 heavy (non-hydrogen) atoms. The fourth-order valence-electron chi connectivity index (χ4n) is 2.52. The van der Waals surface area contributed by atoms with Crippen LogP contribution in [0.15, 0.2) is 23.1 Å². The largest absolute Gasteiger partial charge is 0.389 e. The Kier molecular flexibility index (Phi) is 4.89. The van der Waals surface area contributed by atoms with Gasteiger partial charge in [0.05, 0.1) is 5.56 Å². The Morgan fingerprint density at radius 1 is 1.40 bits per heavy atom. The summed E-state index contributed by atoms with van der Waals surface area (Å²) < 4.78 is 1.34. The van der Waals surface area contributed by atoms with Crippen LogP contribution in [-0.4, -0.2) is 21.5 Å². The fourth-order valence-corrected chi connectivity index (χ4v) is 2.68. The van der Waals surface area contributed by atoms with Gasteiger partial charge in [0, 0.05) is 12.2 Å². The van der Waals surface area contributed by atoms with E-state index in [1.807, 2.05) is 0 Å². The molecule has 2 rings (SSSR count). The lowest BCUT2D eigenvalue weighted by Crippen LogP contribution is -2.40. The van der Waals surface area contributed by atoms with Crippen LogP contribution in [0.2, 0.25) is 0 Å². The first kappa shape index (κ1) is 14.7. The standard InChI is InChI=1S/C14H19N3O2S/c15-13(20)11-7-4-8-17(14(11)19)9-12(18)16-10-5-2-1-3-6-10/h4,7-8,10H,1-3,5-6,9H2,(H2,15,20)(H,16,18). The molecule has 1 aromatic rings. The summed E-state index contributed by atoms with van der Waals surface area (Å²) in [5.41, 5.74) is 5.43. The Morgan fingerprint density at radius 3 is 2.75 bits per heavy atom. The quantitative estimate of drug-likeness (QED) is 0.810. The molecule has 1 fully saturated rings. The molecular weight excluding hydrogens is 274 g/mol. The zero-order valence-corrected chi connectivity index (χ0v) is 12.1. The van der Waals surface area contributed by atoms with E-state index in [4.69, 9.17) is 18.0 Å². The van der Waals surface area contributed by atoms with Gasteiger partial charge in [-0.05, 0) is 25.0 Å². The predicted molar refractivity (Wildman–Crippen MR) is 81.6 cm³/mol. The fraction of sp³-hybridized carbons (Fsp3) is 0.500. The van der Waals surface area contributed by atoms with Crippen molar-refractivity contribution in [2.24, 2.45) is 5.73 Å². The van der Waals surface area contributed by atoms with E-state index in [1.54, 1.807) is 18.3 Å². The first-order valence-corrected chi connectivity index (χ1v) is 7.27. The highest BCUT2D eigenvalue weighted by Crippen LogP contribution is 2.17. The molecule has 5 nitrogen and oxygen atoms in total. The molecule has 0 aromatic carbocycles. The Bertz CT molecular complexity index is 562. The summed E-state index contributed by atoms with van der Waals surface area (Å²) in [6, 6.07) is 3.48. The second kappa shape index (κ2) is 6.65. The summed E-state index contributed by atoms with van der Waals surface area (Å²) in [6.07, 6.45) is 7.16. The van der Waals surface area contributed by atoms with E-state index in [0.29, 0.717) is 0 Å². The molecule has 1 heterocycles. The normalized spacial score (nSPS) is 15.8. The van der Waals surface area contributed by atoms with Gasteiger partial charge in [0.2, 0.25) is 5.91 Å². The minimum atomic E-state index is -0.321. The number of nitrogens with two attached hydrogens (primary N) is 1. The smallest absolute Gasteiger partial charge is 0.261 e. The Hall–Kier alpha value is -1.69. The number of pyridine rings is 1. The van der Waals surface area contributed by atoms with E-state index in [-0.39, 0.29) is 34.6 Å². The highest BCUT2D eigenvalue weighted by molar-refractivity contribution is 7.80. The lowest BCUT2D eigenvalue weighted by Gasteiger charge is -2.22. The lowest BCUT2D eigenvalue weighted by atomic mass is 9.95. The van der Waals surface area contributed by atoms with Crippen molar-refractivity contribution in [3.8, 4) is 0 Å². The van der Waals surface area contributed by atoms with Crippen LogP contribution < -0.4 is 16.6 Å². The second-order valence-corrected chi connectivity index (χ2v) is 5.56. The average molecular weight is 293 g/mol. The van der Waals surface area contributed by atoms with Crippen LogP contribution in [0, 0.1) is 0 Å². The van der Waals surface area contributed by atoms with Crippen LogP contribution in [0.1, 0.15) is 37.7 Å². The molecule has 0 bridgehead atoms. The number of hydrogen-bond acceptors (Lipinski definition) is 3. The Labute approximate surface area is 123 Å². The molecule has 0 aliphatic heterocycles. The molecule has 1 amide bonds. The van der Waals surface area contributed by atoms with Crippen LogP contribution in [-0.2, 0) is 11.3 Å². The molecule has 1 saturated carbocycles. The Balaban J connectivity index is 2.02. The van der Waals surface area contributed by atoms with Gasteiger partial charge in [0.25, 0.3) is 5.56 Å². The molecule has 6 heteroatoms. The lowest BCUT2D eigenvalue weighted by molar-refractivity contribution is -0.122. The number of aromatic nitrogens is 1. The topological polar surface area (TPSA) is 77.1 Å². The first-order chi connectivity index (χ1) is 9.58. The van der Waals surface area contributed by atoms with Crippen LogP contribution in [0.4, 0.5) is 0 Å². The van der Waals surface area contributed by atoms with Gasteiger partial charge < -0.3 is 15.6 Å². The molecule has 0 spiro atoms. The van der Waals surface area contributed by atoms with Crippen molar-refractivity contribution in [1.29, 1.82) is 0 Å². The third-order valence-corrected chi connectivity index (χ3v) is 3.79. The molecule has 1 aromatic heterocycles. The van der Waals surface area contributed by atoms with Crippen molar-refractivity contribution >= 4 is 23.1 Å². The summed E-state index contributed by atoms with van der Waals surface area (Å²) in [5, 5.41) is 2.98. The maximum atomic E-state index is 12.1. The summed E-state index contributed by atoms with van der Waals surface area (Å²) in [4.78, 5) is 24.1. The van der Waals surface area contributed by atoms with E-state index >= 15 is 0 Å². The third kappa shape index (κ3) is 3.66. The summed E-state index contributed by atoms with van der Waals surface area (Å²) in [6.45, 7) is 0.00574. The second-order valence-electron chi connectivity index (χ2n) is 5.12. The maximum absolute atomic E-state index is 12.1. The van der Waals surface area contributed by atoms with Crippen LogP contribution in [0.25, 0.3) is 0 Å². The number of hydrogen-bond donors (Lipinski definition) is 2. The highest BCUT2D eigenvalue weighted by atomic mass is 32.1. The van der Waals surface area contributed by atoms with Gasteiger partial charge in [-0.2, -0.15) is 0 Å². The number of rotatable bonds is 4. The van der Waals surface area contributed by atoms with Crippen LogP contribution >= 0.6 is 12.2 Å². The van der Waals surface area contributed by atoms with E-state index in [1.165, 1.54) is 11.0 Å². The molecule has 1 aliphatic carbocycles. The summed E-state index contributed by atoms with van der Waals surface area (Å²) >= 11 is 4.82. The minimum absolute atomic E-state index is 0.00574. The van der Waals surface area contributed by atoms with E-state index in [2.05, 4.69) is 5.32 Å². The molecule has 0 radical (unpaired) electrons. The Morgan fingerprint density at radius 2 is 2.10 bits per heavy atom. The molecule has 0 atom stereocenters. The maximum Gasteiger partial charge on any atom is 0.261 e. The van der Waals surface area contributed by atoms with Crippen molar-refractivity contribution in [1.82, 2.24) is 9.88 Å². The average Bonchev–Trinajstić information content (AvgIpc) is 2.42. The van der Waals surface area contributed by atoms with E-state index in [0.717, 1.165) is 25.7 Å². The molecule has 0 saturated heterocycles. The van der Waals surface area contributed by atoms with Gasteiger partial charge in [-0.3, -0.25) is 9.59 Å². The first-order valence-electron chi connectivity index (χ1n) is 6.86. The molecule has 0 unspecified atom stereocenters. The zero-order valence-electron chi connectivity index (χ0n) is 11.3. The van der Waals surface area contributed by atoms with Gasteiger partial charge in [-0.1, -0.05) is 31.5 Å². The SMILES string of the molecule is NC(=S)c1cccn(CC(=O)NC2CCCCC2)c1=O. The number of carbonyl (C=O) groups excluding carboxylic acids is 1. The zero-order chi connectivity index (χ0) is 14.5. The van der Waals surface area contributed by atoms with Gasteiger partial charge in [-0.25, -0.2) is 0 Å². The minimum Gasteiger partial charge on any atom is -0.389 e. The van der Waals surface area contributed by atoms with Crippen molar-refractivity contribution in [2.75, 3.05) is 0 Å². The number of nitrogens with zero attached hydrogens (tertiary/aromatic N) is 1. The van der Waals surface area contributed by atoms with E-state index in [9.17, 15) is 9.59 Å². The molecule has 1 aliphatic rings. The van der Waals surface area contributed by atoms with Crippen LogP contribution in [0.5, 0.6) is 0 Å². The molecule has 3 N–H and O–H groups in total. The third-order valence-electron chi connectivity index (χ3n) is 3.57. The summed E-state index contributed by atoms with van der Waals surface area (Å²) in [7, 11) is 0. The van der Waals surface area contributed by atoms with Gasteiger partial charge in [0.15, 0.2) is 0 Å². The van der Waals surface area contributed by atoms with Gasteiger partial charge >= 0.3 is 0 Å². The summed E-state index contributed by atoms with van der Waals surface area (Å²) in [5.74, 6) is -0.140. The van der Waals surface area contributed by atoms with Crippen LogP contribution in [0.3, 0.4) is 0 Å². The number of thiocarbonyl (C=S) groups is 1. The number of nitrogens with one attached hydrogen (secondary N) is 1. The van der Waals surface area contributed by atoms with Crippen molar-refractivity contribution in [3.05, 3.63) is 34.2 Å². The van der Waals surface area contributed by atoms with Gasteiger partial charge in [-0.15, -0.1) is 0 Å². The van der Waals surface area contributed by atoms with Crippen molar-refractivity contribution < 1.29 is 4.79 Å². The number of amides is 1. The molecular formula is C14H19N3O2S. The predicted octanol–water partition coefficient (Wildman–Crippen LogP) is 0.931. The van der Waals surface area contributed by atoms with Gasteiger partial charge in [0.1, 0.15) is 11.5 Å². The number of carbonyl (C=O) groups is 1. The van der Waals surface area contributed by atoms with Crippen molar-refractivity contribution in [3.63, 3.8) is 0 Å². The molecule has 108 valence electrons. The highest BCUT2D eigenvalue weighted by Gasteiger charge is 2.16. The monoisotopic (exact) mass is 293 g/mol.